The molecule has 0 radical (unpaired) electrons. The molecule has 0 heterocycles. The van der Waals surface area contributed by atoms with Crippen LogP contribution in [-0.4, -0.2) is 29.0 Å². The van der Waals surface area contributed by atoms with Crippen molar-refractivity contribution in [3.05, 3.63) is 35.9 Å². The summed E-state index contributed by atoms with van der Waals surface area (Å²) in [5, 5.41) is 19.0. The van der Waals surface area contributed by atoms with Crippen molar-refractivity contribution in [2.45, 2.75) is 103 Å². The van der Waals surface area contributed by atoms with E-state index in [9.17, 15) is 5.11 Å². The van der Waals surface area contributed by atoms with Crippen molar-refractivity contribution in [1.82, 2.24) is 0 Å². The fourth-order valence-corrected chi connectivity index (χ4v) is 3.31. The summed E-state index contributed by atoms with van der Waals surface area (Å²) >= 11 is 0. The number of aliphatic hydroxyl groups excluding tert-OH is 2. The maximum absolute atomic E-state index is 10.0. The van der Waals surface area contributed by atoms with Gasteiger partial charge in [0.1, 0.15) is 0 Å². The third-order valence-electron chi connectivity index (χ3n) is 4.96. The Hall–Kier alpha value is -0.900. The molecular formula is C23H40O3. The lowest BCUT2D eigenvalue weighted by Gasteiger charge is -2.21. The summed E-state index contributed by atoms with van der Waals surface area (Å²) in [7, 11) is 0. The third kappa shape index (κ3) is 12.5. The lowest BCUT2D eigenvalue weighted by Crippen LogP contribution is -2.22. The van der Waals surface area contributed by atoms with Gasteiger partial charge in [0.15, 0.2) is 0 Å². The van der Waals surface area contributed by atoms with Crippen LogP contribution in [0.5, 0.6) is 0 Å². The van der Waals surface area contributed by atoms with Crippen LogP contribution in [0.2, 0.25) is 0 Å². The number of aliphatic hydroxyl groups is 2. The normalized spacial score (nSPS) is 13.7. The standard InChI is InChI=1S/C23H40O3/c1-2-3-4-5-6-7-8-9-13-16-23(19-22(25)17-18-24)26-20-21-14-11-10-12-15-21/h10-12,14-15,22-25H,2-9,13,16-20H2,1H3/t22-,23+/m1/s1. The molecule has 0 aliphatic heterocycles. The number of unbranched alkanes of at least 4 members (excludes halogenated alkanes) is 8. The predicted octanol–water partition coefficient (Wildman–Crippen LogP) is 5.63. The average molecular weight is 365 g/mol. The van der Waals surface area contributed by atoms with Gasteiger partial charge >= 0.3 is 0 Å². The fourth-order valence-electron chi connectivity index (χ4n) is 3.31. The number of benzene rings is 1. The molecule has 2 atom stereocenters. The molecule has 1 aromatic carbocycles. The molecular weight excluding hydrogens is 324 g/mol. The summed E-state index contributed by atoms with van der Waals surface area (Å²) in [6.45, 7) is 2.88. The Morgan fingerprint density at radius 3 is 2.08 bits per heavy atom. The highest BCUT2D eigenvalue weighted by Crippen LogP contribution is 2.17. The van der Waals surface area contributed by atoms with Gasteiger partial charge in [-0.3, -0.25) is 0 Å². The van der Waals surface area contributed by atoms with E-state index in [1.807, 2.05) is 18.2 Å². The number of hydrogen-bond acceptors (Lipinski definition) is 3. The van der Waals surface area contributed by atoms with Crippen LogP contribution in [-0.2, 0) is 11.3 Å². The van der Waals surface area contributed by atoms with E-state index in [-0.39, 0.29) is 12.7 Å². The molecule has 0 fully saturated rings. The van der Waals surface area contributed by atoms with Crippen LogP contribution in [0, 0.1) is 0 Å². The van der Waals surface area contributed by atoms with Gasteiger partial charge in [-0.1, -0.05) is 95.0 Å². The van der Waals surface area contributed by atoms with Crippen molar-refractivity contribution in [2.75, 3.05) is 6.61 Å². The first kappa shape index (κ1) is 23.1. The number of hydrogen-bond donors (Lipinski definition) is 2. The molecule has 0 aromatic heterocycles. The van der Waals surface area contributed by atoms with Crippen LogP contribution in [0.3, 0.4) is 0 Å². The Kier molecular flexibility index (Phi) is 14.5. The summed E-state index contributed by atoms with van der Waals surface area (Å²) in [5.74, 6) is 0. The topological polar surface area (TPSA) is 49.7 Å². The second-order valence-corrected chi connectivity index (χ2v) is 7.44. The summed E-state index contributed by atoms with van der Waals surface area (Å²) in [4.78, 5) is 0. The molecule has 0 saturated heterocycles. The zero-order valence-corrected chi connectivity index (χ0v) is 16.7. The summed E-state index contributed by atoms with van der Waals surface area (Å²) in [5.41, 5.74) is 1.17. The monoisotopic (exact) mass is 364 g/mol. The van der Waals surface area contributed by atoms with E-state index in [0.29, 0.717) is 19.4 Å². The largest absolute Gasteiger partial charge is 0.396 e. The van der Waals surface area contributed by atoms with E-state index in [1.165, 1.54) is 56.9 Å². The second-order valence-electron chi connectivity index (χ2n) is 7.44. The minimum atomic E-state index is -0.473. The van der Waals surface area contributed by atoms with Gasteiger partial charge in [-0.25, -0.2) is 0 Å². The predicted molar refractivity (Wildman–Crippen MR) is 109 cm³/mol. The zero-order valence-electron chi connectivity index (χ0n) is 16.7. The van der Waals surface area contributed by atoms with Gasteiger partial charge in [-0.2, -0.15) is 0 Å². The molecule has 150 valence electrons. The molecule has 0 saturated carbocycles. The SMILES string of the molecule is CCCCCCCCCCC[C@@H](C[C@H](O)CCO)OCc1ccccc1. The minimum Gasteiger partial charge on any atom is -0.396 e. The van der Waals surface area contributed by atoms with E-state index < -0.39 is 6.10 Å². The van der Waals surface area contributed by atoms with Gasteiger partial charge in [0.2, 0.25) is 0 Å². The molecule has 0 aliphatic carbocycles. The lowest BCUT2D eigenvalue weighted by atomic mass is 10.0. The molecule has 2 N–H and O–H groups in total. The highest BCUT2D eigenvalue weighted by Gasteiger charge is 2.15. The molecule has 0 unspecified atom stereocenters. The molecule has 0 bridgehead atoms. The van der Waals surface area contributed by atoms with Crippen molar-refractivity contribution in [3.8, 4) is 0 Å². The maximum atomic E-state index is 10.0. The first-order valence-corrected chi connectivity index (χ1v) is 10.7. The molecule has 0 spiro atoms. The lowest BCUT2D eigenvalue weighted by molar-refractivity contribution is -0.00664. The first-order valence-electron chi connectivity index (χ1n) is 10.7. The van der Waals surface area contributed by atoms with E-state index >= 15 is 0 Å². The zero-order chi connectivity index (χ0) is 18.9. The Bertz CT molecular complexity index is 407. The quantitative estimate of drug-likeness (QED) is 0.352. The van der Waals surface area contributed by atoms with Crippen LogP contribution >= 0.6 is 0 Å². The molecule has 3 heteroatoms. The highest BCUT2D eigenvalue weighted by atomic mass is 16.5. The average Bonchev–Trinajstić information content (AvgIpc) is 2.65. The fraction of sp³-hybridized carbons (Fsp3) is 0.739. The van der Waals surface area contributed by atoms with Gasteiger partial charge in [-0.05, 0) is 24.8 Å². The Morgan fingerprint density at radius 2 is 1.46 bits per heavy atom. The van der Waals surface area contributed by atoms with E-state index in [2.05, 4.69) is 19.1 Å². The van der Waals surface area contributed by atoms with Crippen molar-refractivity contribution in [3.63, 3.8) is 0 Å². The molecule has 1 rings (SSSR count). The van der Waals surface area contributed by atoms with Crippen molar-refractivity contribution < 1.29 is 14.9 Å². The van der Waals surface area contributed by atoms with Gasteiger partial charge in [0.05, 0.1) is 18.8 Å². The van der Waals surface area contributed by atoms with E-state index in [1.54, 1.807) is 0 Å². The second kappa shape index (κ2) is 16.3. The molecule has 26 heavy (non-hydrogen) atoms. The highest BCUT2D eigenvalue weighted by molar-refractivity contribution is 5.13. The van der Waals surface area contributed by atoms with Gasteiger partial charge in [0.25, 0.3) is 0 Å². The molecule has 0 amide bonds. The van der Waals surface area contributed by atoms with Crippen LogP contribution in [0.15, 0.2) is 30.3 Å². The van der Waals surface area contributed by atoms with Crippen molar-refractivity contribution in [2.24, 2.45) is 0 Å². The third-order valence-corrected chi connectivity index (χ3v) is 4.96. The summed E-state index contributed by atoms with van der Waals surface area (Å²) in [6.07, 6.45) is 13.5. The van der Waals surface area contributed by atoms with Crippen LogP contribution in [0.1, 0.15) is 89.5 Å². The van der Waals surface area contributed by atoms with E-state index in [0.717, 1.165) is 12.8 Å². The van der Waals surface area contributed by atoms with E-state index in [4.69, 9.17) is 9.84 Å². The number of rotatable bonds is 17. The Labute approximate surface area is 160 Å². The van der Waals surface area contributed by atoms with Gasteiger partial charge < -0.3 is 14.9 Å². The maximum Gasteiger partial charge on any atom is 0.0720 e. The van der Waals surface area contributed by atoms with Crippen molar-refractivity contribution in [1.29, 1.82) is 0 Å². The van der Waals surface area contributed by atoms with Gasteiger partial charge in [-0.15, -0.1) is 0 Å². The Balaban J connectivity index is 2.21. The molecule has 1 aromatic rings. The van der Waals surface area contributed by atoms with Crippen LogP contribution < -0.4 is 0 Å². The first-order chi connectivity index (χ1) is 12.8. The molecule has 0 aliphatic rings. The minimum absolute atomic E-state index is 0.0323. The van der Waals surface area contributed by atoms with Crippen LogP contribution in [0.25, 0.3) is 0 Å². The summed E-state index contributed by atoms with van der Waals surface area (Å²) in [6, 6.07) is 10.2. The smallest absolute Gasteiger partial charge is 0.0720 e. The summed E-state index contributed by atoms with van der Waals surface area (Å²) < 4.78 is 6.08. The molecule has 3 nitrogen and oxygen atoms in total. The van der Waals surface area contributed by atoms with Gasteiger partial charge in [0, 0.05) is 6.61 Å². The number of ether oxygens (including phenoxy) is 1. The van der Waals surface area contributed by atoms with Crippen molar-refractivity contribution >= 4 is 0 Å². The van der Waals surface area contributed by atoms with Crippen LogP contribution in [0.4, 0.5) is 0 Å². The Morgan fingerprint density at radius 1 is 0.846 bits per heavy atom.